The van der Waals surface area contributed by atoms with Crippen LogP contribution in [0.3, 0.4) is 0 Å². The van der Waals surface area contributed by atoms with Crippen molar-refractivity contribution in [2.24, 2.45) is 4.99 Å². The summed E-state index contributed by atoms with van der Waals surface area (Å²) in [6.07, 6.45) is 1.85. The van der Waals surface area contributed by atoms with Gasteiger partial charge in [-0.05, 0) is 17.7 Å². The van der Waals surface area contributed by atoms with Gasteiger partial charge in [0.05, 0.1) is 31.1 Å². The highest BCUT2D eigenvalue weighted by Gasteiger charge is 2.18. The van der Waals surface area contributed by atoms with Gasteiger partial charge >= 0.3 is 0 Å². The van der Waals surface area contributed by atoms with E-state index in [1.807, 2.05) is 59.3 Å². The summed E-state index contributed by atoms with van der Waals surface area (Å²) in [4.78, 5) is 11.7. The van der Waals surface area contributed by atoms with Crippen molar-refractivity contribution in [3.63, 3.8) is 0 Å². The van der Waals surface area contributed by atoms with Crippen LogP contribution in [-0.4, -0.2) is 47.1 Å². The maximum Gasteiger partial charge on any atom is 0.158 e. The Morgan fingerprint density at radius 2 is 1.77 bits per heavy atom. The van der Waals surface area contributed by atoms with Crippen molar-refractivity contribution < 1.29 is 4.74 Å². The highest BCUT2D eigenvalue weighted by Crippen LogP contribution is 2.24. The van der Waals surface area contributed by atoms with E-state index in [0.717, 1.165) is 52.1 Å². The number of ether oxygens (including phenoxy) is 1. The molecule has 0 saturated carbocycles. The second kappa shape index (κ2) is 8.88. The Kier molecular flexibility index (Phi) is 5.65. The van der Waals surface area contributed by atoms with Gasteiger partial charge < -0.3 is 9.64 Å². The fourth-order valence-corrected chi connectivity index (χ4v) is 3.78. The van der Waals surface area contributed by atoms with Gasteiger partial charge in [0.15, 0.2) is 5.65 Å². The molecule has 7 heteroatoms. The molecule has 5 rings (SSSR count). The minimum atomic E-state index is 0.488. The van der Waals surface area contributed by atoms with Crippen LogP contribution in [0.1, 0.15) is 11.3 Å². The van der Waals surface area contributed by atoms with E-state index in [0.29, 0.717) is 19.8 Å². The van der Waals surface area contributed by atoms with Gasteiger partial charge in [-0.1, -0.05) is 54.1 Å². The predicted octanol–water partition coefficient (Wildman–Crippen LogP) is 4.51. The monoisotopic (exact) mass is 431 g/mol. The van der Waals surface area contributed by atoms with Crippen molar-refractivity contribution in [3.8, 4) is 11.3 Å². The van der Waals surface area contributed by atoms with Gasteiger partial charge in [0.1, 0.15) is 5.82 Å². The fourth-order valence-electron chi connectivity index (χ4n) is 3.65. The van der Waals surface area contributed by atoms with Gasteiger partial charge in [0.2, 0.25) is 0 Å². The minimum Gasteiger partial charge on any atom is -0.378 e. The van der Waals surface area contributed by atoms with Crippen LogP contribution < -0.4 is 4.90 Å². The molecule has 0 radical (unpaired) electrons. The van der Waals surface area contributed by atoms with E-state index < -0.39 is 0 Å². The highest BCUT2D eigenvalue weighted by molar-refractivity contribution is 6.30. The molecule has 0 unspecified atom stereocenters. The van der Waals surface area contributed by atoms with E-state index in [-0.39, 0.29) is 0 Å². The molecule has 0 atom stereocenters. The summed E-state index contributed by atoms with van der Waals surface area (Å²) in [6.45, 7) is 3.56. The predicted molar refractivity (Wildman–Crippen MR) is 124 cm³/mol. The molecule has 2 aromatic heterocycles. The quantitative estimate of drug-likeness (QED) is 0.436. The number of fused-ring (bicyclic) bond motifs is 1. The van der Waals surface area contributed by atoms with Crippen LogP contribution in [-0.2, 0) is 11.3 Å². The zero-order chi connectivity index (χ0) is 21.0. The molecule has 0 aliphatic carbocycles. The van der Waals surface area contributed by atoms with E-state index in [1.165, 1.54) is 0 Å². The van der Waals surface area contributed by atoms with Crippen LogP contribution in [0, 0.1) is 0 Å². The van der Waals surface area contributed by atoms with Crippen LogP contribution in [0.15, 0.2) is 71.7 Å². The third-order valence-electron chi connectivity index (χ3n) is 5.23. The molecule has 0 N–H and O–H groups in total. The molecular weight excluding hydrogens is 410 g/mol. The molecule has 1 aliphatic heterocycles. The first-order chi connectivity index (χ1) is 15.3. The Hall–Kier alpha value is -3.22. The van der Waals surface area contributed by atoms with Gasteiger partial charge in [-0.2, -0.15) is 9.61 Å². The summed E-state index contributed by atoms with van der Waals surface area (Å²) >= 11 is 5.96. The molecule has 3 heterocycles. The molecular formula is C24H22ClN5O. The van der Waals surface area contributed by atoms with Crippen molar-refractivity contribution in [2.75, 3.05) is 31.2 Å². The number of benzene rings is 2. The highest BCUT2D eigenvalue weighted by atomic mass is 35.5. The van der Waals surface area contributed by atoms with E-state index >= 15 is 0 Å². The smallest absolute Gasteiger partial charge is 0.158 e. The van der Waals surface area contributed by atoms with Crippen LogP contribution in [0.2, 0.25) is 5.02 Å². The van der Waals surface area contributed by atoms with Crippen molar-refractivity contribution >= 4 is 29.3 Å². The van der Waals surface area contributed by atoms with E-state index in [2.05, 4.69) is 28.1 Å². The molecule has 1 saturated heterocycles. The molecule has 1 fully saturated rings. The molecule has 31 heavy (non-hydrogen) atoms. The van der Waals surface area contributed by atoms with Gasteiger partial charge in [0.25, 0.3) is 0 Å². The van der Waals surface area contributed by atoms with Gasteiger partial charge in [-0.3, -0.25) is 4.99 Å². The van der Waals surface area contributed by atoms with Gasteiger partial charge in [0, 0.05) is 42.0 Å². The van der Waals surface area contributed by atoms with Gasteiger partial charge in [-0.25, -0.2) is 4.98 Å². The van der Waals surface area contributed by atoms with Crippen LogP contribution in [0.25, 0.3) is 16.9 Å². The van der Waals surface area contributed by atoms with E-state index in [4.69, 9.17) is 26.4 Å². The topological polar surface area (TPSA) is 55.0 Å². The van der Waals surface area contributed by atoms with E-state index in [9.17, 15) is 0 Å². The molecule has 1 aliphatic rings. The average molecular weight is 432 g/mol. The van der Waals surface area contributed by atoms with Crippen LogP contribution >= 0.6 is 11.6 Å². The normalized spacial score (nSPS) is 14.5. The number of nitrogens with zero attached hydrogens (tertiary/aromatic N) is 5. The summed E-state index contributed by atoms with van der Waals surface area (Å²) in [6, 6.07) is 21.9. The minimum absolute atomic E-state index is 0.488. The number of halogens is 1. The Morgan fingerprint density at radius 1 is 1.00 bits per heavy atom. The first-order valence-corrected chi connectivity index (χ1v) is 10.7. The zero-order valence-electron chi connectivity index (χ0n) is 17.0. The lowest BCUT2D eigenvalue weighted by molar-refractivity contribution is 0.122. The molecule has 6 nitrogen and oxygen atoms in total. The number of morpholine rings is 1. The second-order valence-electron chi connectivity index (χ2n) is 7.39. The molecule has 4 aromatic rings. The number of hydrogen-bond acceptors (Lipinski definition) is 5. The SMILES string of the molecule is Clc1ccc(C=NCc2cc(N3CCOCC3)n3nc(-c4ccccc4)cc3n2)cc1. The standard InChI is InChI=1S/C24H22ClN5O/c25-20-8-6-18(7-9-20)16-26-17-21-14-24(29-10-12-31-13-11-29)30-23(27-21)15-22(28-30)19-4-2-1-3-5-19/h1-9,14-16H,10-13,17H2. The lowest BCUT2D eigenvalue weighted by Crippen LogP contribution is -2.37. The number of anilines is 1. The molecule has 0 spiro atoms. The zero-order valence-corrected chi connectivity index (χ0v) is 17.7. The second-order valence-corrected chi connectivity index (χ2v) is 7.83. The largest absolute Gasteiger partial charge is 0.378 e. The summed E-state index contributed by atoms with van der Waals surface area (Å²) in [5, 5.41) is 5.57. The summed E-state index contributed by atoms with van der Waals surface area (Å²) < 4.78 is 7.47. The summed E-state index contributed by atoms with van der Waals surface area (Å²) in [5.41, 5.74) is 4.71. The molecule has 0 bridgehead atoms. The molecule has 156 valence electrons. The van der Waals surface area contributed by atoms with Crippen molar-refractivity contribution in [1.82, 2.24) is 14.6 Å². The number of hydrogen-bond donors (Lipinski definition) is 0. The maximum absolute atomic E-state index is 5.96. The summed E-state index contributed by atoms with van der Waals surface area (Å²) in [7, 11) is 0. The Balaban J connectivity index is 1.49. The fraction of sp³-hybridized carbons (Fsp3) is 0.208. The molecule has 2 aromatic carbocycles. The lowest BCUT2D eigenvalue weighted by Gasteiger charge is -2.29. The first kappa shape index (κ1) is 19.7. The Bertz CT molecular complexity index is 1200. The number of aromatic nitrogens is 3. The number of rotatable bonds is 5. The molecule has 0 amide bonds. The third kappa shape index (κ3) is 4.45. The van der Waals surface area contributed by atoms with E-state index in [1.54, 1.807) is 0 Å². The first-order valence-electron chi connectivity index (χ1n) is 10.3. The average Bonchev–Trinajstić information content (AvgIpc) is 3.25. The van der Waals surface area contributed by atoms with Crippen LogP contribution in [0.5, 0.6) is 0 Å². The number of aliphatic imine (C=N–C) groups is 1. The van der Waals surface area contributed by atoms with Crippen molar-refractivity contribution in [2.45, 2.75) is 6.54 Å². The van der Waals surface area contributed by atoms with Gasteiger partial charge in [-0.15, -0.1) is 0 Å². The van der Waals surface area contributed by atoms with Crippen LogP contribution in [0.4, 0.5) is 5.82 Å². The Morgan fingerprint density at radius 3 is 2.55 bits per heavy atom. The third-order valence-corrected chi connectivity index (χ3v) is 5.48. The van der Waals surface area contributed by atoms with Crippen molar-refractivity contribution in [3.05, 3.63) is 83.0 Å². The van der Waals surface area contributed by atoms with Crippen molar-refractivity contribution in [1.29, 1.82) is 0 Å². The maximum atomic E-state index is 5.96. The summed E-state index contributed by atoms with van der Waals surface area (Å²) in [5.74, 6) is 1.02. The Labute approximate surface area is 185 Å². The lowest BCUT2D eigenvalue weighted by atomic mass is 10.2.